The molecule has 13 heavy (non-hydrogen) atoms. The first-order chi connectivity index (χ1) is 6.24. The van der Waals surface area contributed by atoms with Crippen molar-refractivity contribution in [2.75, 3.05) is 24.7 Å². The Labute approximate surface area is 86.2 Å². The van der Waals surface area contributed by atoms with Crippen LogP contribution in [0, 0.1) is 0 Å². The third kappa shape index (κ3) is 3.31. The van der Waals surface area contributed by atoms with Gasteiger partial charge in [-0.2, -0.15) is 12.6 Å². The van der Waals surface area contributed by atoms with Gasteiger partial charge in [-0.1, -0.05) is 12.1 Å². The molecule has 1 rings (SSSR count). The molecule has 0 saturated carbocycles. The molecule has 0 amide bonds. The molecular weight excluding hydrogens is 178 g/mol. The smallest absolute Gasteiger partial charge is 0.0363 e. The average Bonchev–Trinajstić information content (AvgIpc) is 2.15. The number of benzene rings is 1. The van der Waals surface area contributed by atoms with Crippen LogP contribution in [0.25, 0.3) is 0 Å². The lowest BCUT2D eigenvalue weighted by Crippen LogP contribution is -2.08. The molecule has 0 aliphatic rings. The van der Waals surface area contributed by atoms with E-state index in [-0.39, 0.29) is 0 Å². The minimum Gasteiger partial charge on any atom is -0.378 e. The lowest BCUT2D eigenvalue weighted by molar-refractivity contribution is 0.934. The van der Waals surface area contributed by atoms with E-state index >= 15 is 0 Å². The summed E-state index contributed by atoms with van der Waals surface area (Å²) in [7, 11) is 4.13. The van der Waals surface area contributed by atoms with E-state index in [9.17, 15) is 0 Å². The number of rotatable bonds is 4. The van der Waals surface area contributed by atoms with E-state index < -0.39 is 0 Å². The van der Waals surface area contributed by atoms with Crippen molar-refractivity contribution in [3.63, 3.8) is 0 Å². The normalized spacial score (nSPS) is 10.1. The maximum Gasteiger partial charge on any atom is 0.0363 e. The number of hydrogen-bond donors (Lipinski definition) is 1. The zero-order valence-electron chi connectivity index (χ0n) is 8.33. The van der Waals surface area contributed by atoms with E-state index in [0.29, 0.717) is 0 Å². The third-order valence-electron chi connectivity index (χ3n) is 2.05. The molecule has 0 bridgehead atoms. The summed E-state index contributed by atoms with van der Waals surface area (Å²) in [5.74, 6) is 0.964. The maximum absolute atomic E-state index is 4.21. The highest BCUT2D eigenvalue weighted by atomic mass is 32.1. The largest absolute Gasteiger partial charge is 0.378 e. The number of anilines is 1. The molecule has 0 aliphatic heterocycles. The van der Waals surface area contributed by atoms with Crippen molar-refractivity contribution in [1.82, 2.24) is 0 Å². The molecule has 1 aromatic carbocycles. The Kier molecular flexibility index (Phi) is 4.16. The minimum atomic E-state index is 0.964. The molecule has 0 aliphatic carbocycles. The summed E-state index contributed by atoms with van der Waals surface area (Å²) in [4.78, 5) is 2.13. The van der Waals surface area contributed by atoms with E-state index in [0.717, 1.165) is 18.6 Å². The zero-order valence-corrected chi connectivity index (χ0v) is 9.22. The maximum atomic E-state index is 4.21. The van der Waals surface area contributed by atoms with Crippen LogP contribution in [0.4, 0.5) is 5.69 Å². The van der Waals surface area contributed by atoms with Gasteiger partial charge in [0.2, 0.25) is 0 Å². The first-order valence-corrected chi connectivity index (χ1v) is 5.24. The van der Waals surface area contributed by atoms with Crippen LogP contribution in [0.5, 0.6) is 0 Å². The standard InChI is InChI=1S/C11H17NS/c1-12(2)11-7-3-5-10(9-11)6-4-8-13/h3,5,7,9,13H,4,6,8H2,1-2H3. The summed E-state index contributed by atoms with van der Waals surface area (Å²) >= 11 is 4.21. The van der Waals surface area contributed by atoms with Crippen LogP contribution in [0.1, 0.15) is 12.0 Å². The van der Waals surface area contributed by atoms with Gasteiger partial charge in [-0.25, -0.2) is 0 Å². The third-order valence-corrected chi connectivity index (χ3v) is 2.37. The Hall–Kier alpha value is -0.630. The first-order valence-electron chi connectivity index (χ1n) is 4.61. The van der Waals surface area contributed by atoms with E-state index in [1.165, 1.54) is 11.3 Å². The molecule has 1 nitrogen and oxygen atoms in total. The van der Waals surface area contributed by atoms with Gasteiger partial charge in [-0.3, -0.25) is 0 Å². The van der Waals surface area contributed by atoms with Crippen molar-refractivity contribution in [1.29, 1.82) is 0 Å². The molecule has 1 aromatic rings. The van der Waals surface area contributed by atoms with Gasteiger partial charge in [-0.15, -0.1) is 0 Å². The molecule has 0 unspecified atom stereocenters. The number of thiol groups is 1. The first kappa shape index (κ1) is 10.5. The second kappa shape index (κ2) is 5.18. The summed E-state index contributed by atoms with van der Waals surface area (Å²) in [6.07, 6.45) is 2.28. The molecule has 2 heteroatoms. The van der Waals surface area contributed by atoms with Crippen molar-refractivity contribution in [2.24, 2.45) is 0 Å². The Morgan fingerprint density at radius 3 is 2.69 bits per heavy atom. The summed E-state index contributed by atoms with van der Waals surface area (Å²) in [6.45, 7) is 0. The van der Waals surface area contributed by atoms with E-state index in [1.807, 2.05) is 0 Å². The van der Waals surface area contributed by atoms with Crippen LogP contribution in [0.3, 0.4) is 0 Å². The van der Waals surface area contributed by atoms with Gasteiger partial charge in [0.05, 0.1) is 0 Å². The number of aryl methyl sites for hydroxylation is 1. The lowest BCUT2D eigenvalue weighted by atomic mass is 10.1. The minimum absolute atomic E-state index is 0.964. The molecule has 0 saturated heterocycles. The summed E-state index contributed by atoms with van der Waals surface area (Å²) in [5, 5.41) is 0. The highest BCUT2D eigenvalue weighted by molar-refractivity contribution is 7.80. The highest BCUT2D eigenvalue weighted by Gasteiger charge is 1.96. The van der Waals surface area contributed by atoms with Gasteiger partial charge in [-0.05, 0) is 36.3 Å². The molecule has 0 N–H and O–H groups in total. The molecule has 72 valence electrons. The van der Waals surface area contributed by atoms with Gasteiger partial charge in [0.1, 0.15) is 0 Å². The molecule has 0 atom stereocenters. The van der Waals surface area contributed by atoms with Gasteiger partial charge >= 0.3 is 0 Å². The quantitative estimate of drug-likeness (QED) is 0.723. The predicted molar refractivity (Wildman–Crippen MR) is 62.9 cm³/mol. The van der Waals surface area contributed by atoms with Crippen LogP contribution in [-0.2, 0) is 6.42 Å². The van der Waals surface area contributed by atoms with Gasteiger partial charge in [0, 0.05) is 19.8 Å². The topological polar surface area (TPSA) is 3.24 Å². The Morgan fingerprint density at radius 1 is 1.31 bits per heavy atom. The summed E-state index contributed by atoms with van der Waals surface area (Å²) in [6, 6.07) is 8.66. The van der Waals surface area contributed by atoms with Crippen molar-refractivity contribution in [2.45, 2.75) is 12.8 Å². The molecule has 0 aromatic heterocycles. The summed E-state index contributed by atoms with van der Waals surface area (Å²) in [5.41, 5.74) is 2.68. The van der Waals surface area contributed by atoms with Gasteiger partial charge < -0.3 is 4.90 Å². The average molecular weight is 195 g/mol. The van der Waals surface area contributed by atoms with E-state index in [1.54, 1.807) is 0 Å². The van der Waals surface area contributed by atoms with Crippen LogP contribution >= 0.6 is 12.6 Å². The molecule has 0 heterocycles. The fraction of sp³-hybridized carbons (Fsp3) is 0.455. The van der Waals surface area contributed by atoms with Crippen molar-refractivity contribution in [3.8, 4) is 0 Å². The predicted octanol–water partition coefficient (Wildman–Crippen LogP) is 2.62. The van der Waals surface area contributed by atoms with Gasteiger partial charge in [0.25, 0.3) is 0 Å². The summed E-state index contributed by atoms with van der Waals surface area (Å²) < 4.78 is 0. The van der Waals surface area contributed by atoms with Crippen LogP contribution in [0.15, 0.2) is 24.3 Å². The highest BCUT2D eigenvalue weighted by Crippen LogP contribution is 2.14. The number of nitrogens with zero attached hydrogens (tertiary/aromatic N) is 1. The van der Waals surface area contributed by atoms with Crippen molar-refractivity contribution in [3.05, 3.63) is 29.8 Å². The fourth-order valence-electron chi connectivity index (χ4n) is 1.27. The van der Waals surface area contributed by atoms with E-state index in [2.05, 4.69) is 55.9 Å². The fourth-order valence-corrected chi connectivity index (χ4v) is 1.43. The van der Waals surface area contributed by atoms with Crippen LogP contribution in [-0.4, -0.2) is 19.8 Å². The molecule has 0 spiro atoms. The monoisotopic (exact) mass is 195 g/mol. The zero-order chi connectivity index (χ0) is 9.68. The van der Waals surface area contributed by atoms with Crippen LogP contribution < -0.4 is 4.90 Å². The SMILES string of the molecule is CN(C)c1cccc(CCCS)c1. The molecule has 0 fully saturated rings. The van der Waals surface area contributed by atoms with E-state index in [4.69, 9.17) is 0 Å². The van der Waals surface area contributed by atoms with Crippen molar-refractivity contribution >= 4 is 18.3 Å². The van der Waals surface area contributed by atoms with Gasteiger partial charge in [0.15, 0.2) is 0 Å². The number of hydrogen-bond acceptors (Lipinski definition) is 2. The second-order valence-electron chi connectivity index (χ2n) is 3.39. The Morgan fingerprint density at radius 2 is 2.08 bits per heavy atom. The molecular formula is C11H17NS. The molecule has 0 radical (unpaired) electrons. The van der Waals surface area contributed by atoms with Crippen molar-refractivity contribution < 1.29 is 0 Å². The second-order valence-corrected chi connectivity index (χ2v) is 3.84. The Balaban J connectivity index is 2.68. The van der Waals surface area contributed by atoms with Crippen LogP contribution in [0.2, 0.25) is 0 Å². The lowest BCUT2D eigenvalue weighted by Gasteiger charge is -2.13. The Bertz CT molecular complexity index is 258.